The van der Waals surface area contributed by atoms with E-state index in [9.17, 15) is 13.2 Å². The van der Waals surface area contributed by atoms with E-state index in [-0.39, 0.29) is 29.6 Å². The summed E-state index contributed by atoms with van der Waals surface area (Å²) in [6.07, 6.45) is -2.96. The topological polar surface area (TPSA) is 49.8 Å². The molecule has 0 bridgehead atoms. The summed E-state index contributed by atoms with van der Waals surface area (Å²) in [6.45, 7) is 2.41. The highest BCUT2D eigenvalue weighted by Gasteiger charge is 2.63. The molecule has 18 heavy (non-hydrogen) atoms. The number of halogens is 4. The minimum atomic E-state index is -4.31. The zero-order valence-electron chi connectivity index (χ0n) is 9.60. The van der Waals surface area contributed by atoms with Gasteiger partial charge in [-0.3, -0.25) is 0 Å². The molecule has 2 N–H and O–H groups in total. The summed E-state index contributed by atoms with van der Waals surface area (Å²) in [7, 11) is 0. The van der Waals surface area contributed by atoms with E-state index in [4.69, 9.17) is 11.6 Å². The lowest BCUT2D eigenvalue weighted by molar-refractivity contribution is -0.151. The van der Waals surface area contributed by atoms with E-state index in [1.54, 1.807) is 0 Å². The van der Waals surface area contributed by atoms with Crippen LogP contribution in [0.5, 0.6) is 0 Å². The molecule has 4 nitrogen and oxygen atoms in total. The fourth-order valence-corrected chi connectivity index (χ4v) is 1.67. The van der Waals surface area contributed by atoms with E-state index >= 15 is 0 Å². The molecule has 0 saturated heterocycles. The van der Waals surface area contributed by atoms with E-state index in [0.717, 1.165) is 0 Å². The first-order valence-electron chi connectivity index (χ1n) is 5.49. The Labute approximate surface area is 107 Å². The Hall–Kier alpha value is -1.24. The average Bonchev–Trinajstić information content (AvgIpc) is 3.04. The zero-order chi connectivity index (χ0) is 13.4. The fourth-order valence-electron chi connectivity index (χ4n) is 1.53. The second-order valence-electron chi connectivity index (χ2n) is 4.13. The number of hydrogen-bond acceptors (Lipinski definition) is 4. The van der Waals surface area contributed by atoms with Crippen LogP contribution < -0.4 is 10.6 Å². The first-order chi connectivity index (χ1) is 8.38. The average molecular weight is 281 g/mol. The van der Waals surface area contributed by atoms with Crippen LogP contribution in [0.4, 0.5) is 24.9 Å². The van der Waals surface area contributed by atoms with Gasteiger partial charge in [0, 0.05) is 6.54 Å². The van der Waals surface area contributed by atoms with Gasteiger partial charge in [-0.2, -0.15) is 18.2 Å². The predicted molar refractivity (Wildman–Crippen MR) is 62.8 cm³/mol. The molecule has 100 valence electrons. The summed E-state index contributed by atoms with van der Waals surface area (Å²) in [5.41, 5.74) is -1.88. The molecule has 2 rings (SSSR count). The minimum absolute atomic E-state index is 0.0115. The van der Waals surface area contributed by atoms with Crippen LogP contribution in [0.2, 0.25) is 5.02 Å². The van der Waals surface area contributed by atoms with Gasteiger partial charge < -0.3 is 10.6 Å². The predicted octanol–water partition coefficient (Wildman–Crippen LogP) is 3.07. The third kappa shape index (κ3) is 2.45. The van der Waals surface area contributed by atoms with Crippen LogP contribution in [-0.2, 0) is 0 Å². The van der Waals surface area contributed by atoms with Crippen molar-refractivity contribution in [2.24, 2.45) is 0 Å². The van der Waals surface area contributed by atoms with Crippen molar-refractivity contribution in [2.45, 2.75) is 31.5 Å². The highest BCUT2D eigenvalue weighted by molar-refractivity contribution is 6.32. The molecular weight excluding hydrogens is 269 g/mol. The highest BCUT2D eigenvalue weighted by atomic mass is 35.5. The summed E-state index contributed by atoms with van der Waals surface area (Å²) >= 11 is 5.80. The van der Waals surface area contributed by atoms with Crippen molar-refractivity contribution in [2.75, 3.05) is 17.2 Å². The molecule has 8 heteroatoms. The number of nitrogens with zero attached hydrogens (tertiary/aromatic N) is 2. The molecule has 1 aliphatic rings. The summed E-state index contributed by atoms with van der Waals surface area (Å²) < 4.78 is 38.4. The number of nitrogens with one attached hydrogen (secondary N) is 2. The Morgan fingerprint density at radius 2 is 2.11 bits per heavy atom. The van der Waals surface area contributed by atoms with Gasteiger partial charge in [-0.25, -0.2) is 4.98 Å². The summed E-state index contributed by atoms with van der Waals surface area (Å²) in [5, 5.41) is 5.28. The second kappa shape index (κ2) is 4.46. The third-order valence-corrected chi connectivity index (χ3v) is 3.01. The Morgan fingerprint density at radius 3 is 2.61 bits per heavy atom. The molecule has 0 aromatic carbocycles. The lowest BCUT2D eigenvalue weighted by Gasteiger charge is -2.21. The van der Waals surface area contributed by atoms with Crippen LogP contribution in [0.15, 0.2) is 6.20 Å². The molecule has 0 unspecified atom stereocenters. The number of hydrogen-bond donors (Lipinski definition) is 2. The lowest BCUT2D eigenvalue weighted by atomic mass is 10.2. The first kappa shape index (κ1) is 13.2. The zero-order valence-corrected chi connectivity index (χ0v) is 10.4. The molecule has 0 aliphatic heterocycles. The van der Waals surface area contributed by atoms with Crippen molar-refractivity contribution < 1.29 is 13.2 Å². The number of rotatable bonds is 4. The number of anilines is 2. The van der Waals surface area contributed by atoms with Crippen LogP contribution in [-0.4, -0.2) is 28.2 Å². The highest BCUT2D eigenvalue weighted by Crippen LogP contribution is 2.51. The standard InChI is InChI=1S/C10H12ClF3N4/c1-2-15-8-16-5-6(11)7(17-8)18-9(3-4-9)10(12,13)14/h5H,2-4H2,1H3,(H2,15,16,17,18). The van der Waals surface area contributed by atoms with Gasteiger partial charge in [-0.15, -0.1) is 0 Å². The molecule has 1 heterocycles. The van der Waals surface area contributed by atoms with E-state index in [1.165, 1.54) is 6.20 Å². The number of aromatic nitrogens is 2. The molecule has 1 aliphatic carbocycles. The van der Waals surface area contributed by atoms with Crippen LogP contribution >= 0.6 is 11.6 Å². The van der Waals surface area contributed by atoms with Crippen LogP contribution in [0.25, 0.3) is 0 Å². The van der Waals surface area contributed by atoms with Crippen molar-refractivity contribution >= 4 is 23.4 Å². The van der Waals surface area contributed by atoms with E-state index < -0.39 is 11.7 Å². The minimum Gasteiger partial charge on any atom is -0.355 e. The van der Waals surface area contributed by atoms with Gasteiger partial charge in [0.1, 0.15) is 10.6 Å². The largest absolute Gasteiger partial charge is 0.411 e. The Bertz CT molecular complexity index is 445. The summed E-state index contributed by atoms with van der Waals surface area (Å²) in [5.74, 6) is 0.264. The van der Waals surface area contributed by atoms with Gasteiger partial charge in [0.25, 0.3) is 0 Å². The first-order valence-corrected chi connectivity index (χ1v) is 5.87. The fraction of sp³-hybridized carbons (Fsp3) is 0.600. The van der Waals surface area contributed by atoms with Crippen LogP contribution in [0.3, 0.4) is 0 Å². The van der Waals surface area contributed by atoms with Crippen molar-refractivity contribution in [1.29, 1.82) is 0 Å². The van der Waals surface area contributed by atoms with Gasteiger partial charge in [0.15, 0.2) is 5.82 Å². The van der Waals surface area contributed by atoms with E-state index in [2.05, 4.69) is 20.6 Å². The van der Waals surface area contributed by atoms with Gasteiger partial charge in [-0.1, -0.05) is 11.6 Å². The van der Waals surface area contributed by atoms with Crippen molar-refractivity contribution in [3.05, 3.63) is 11.2 Å². The van der Waals surface area contributed by atoms with Crippen molar-refractivity contribution in [3.63, 3.8) is 0 Å². The monoisotopic (exact) mass is 280 g/mol. The number of alkyl halides is 3. The Morgan fingerprint density at radius 1 is 1.44 bits per heavy atom. The van der Waals surface area contributed by atoms with E-state index in [0.29, 0.717) is 6.54 Å². The molecule has 1 fully saturated rings. The van der Waals surface area contributed by atoms with E-state index in [1.807, 2.05) is 6.92 Å². The maximum atomic E-state index is 12.8. The Kier molecular flexibility index (Phi) is 3.27. The van der Waals surface area contributed by atoms with Gasteiger partial charge in [0.05, 0.1) is 6.20 Å². The smallest absolute Gasteiger partial charge is 0.355 e. The second-order valence-corrected chi connectivity index (χ2v) is 4.53. The van der Waals surface area contributed by atoms with Gasteiger partial charge >= 0.3 is 6.18 Å². The molecule has 1 aromatic rings. The third-order valence-electron chi connectivity index (χ3n) is 2.73. The maximum Gasteiger partial charge on any atom is 0.411 e. The van der Waals surface area contributed by atoms with Crippen LogP contribution in [0, 0.1) is 0 Å². The Balaban J connectivity index is 2.21. The van der Waals surface area contributed by atoms with Gasteiger partial charge in [0.2, 0.25) is 5.95 Å². The van der Waals surface area contributed by atoms with Crippen molar-refractivity contribution in [1.82, 2.24) is 9.97 Å². The molecule has 0 radical (unpaired) electrons. The normalized spacial score (nSPS) is 17.4. The molecule has 1 saturated carbocycles. The van der Waals surface area contributed by atoms with Gasteiger partial charge in [-0.05, 0) is 19.8 Å². The van der Waals surface area contributed by atoms with Crippen molar-refractivity contribution in [3.8, 4) is 0 Å². The van der Waals surface area contributed by atoms with Crippen LogP contribution in [0.1, 0.15) is 19.8 Å². The summed E-state index contributed by atoms with van der Waals surface area (Å²) in [4.78, 5) is 7.80. The molecule has 0 atom stereocenters. The molecular formula is C10H12ClF3N4. The lowest BCUT2D eigenvalue weighted by Crippen LogP contribution is -2.39. The maximum absolute atomic E-state index is 12.8. The molecule has 0 amide bonds. The summed E-state index contributed by atoms with van der Waals surface area (Å²) in [6, 6.07) is 0. The quantitative estimate of drug-likeness (QED) is 0.890. The molecule has 1 aromatic heterocycles. The SMILES string of the molecule is CCNc1ncc(Cl)c(NC2(C(F)(F)F)CC2)n1. The molecule has 0 spiro atoms.